The Kier molecular flexibility index (Phi) is 5.14. The van der Waals surface area contributed by atoms with E-state index in [1.807, 2.05) is 48.5 Å². The van der Waals surface area contributed by atoms with Gasteiger partial charge < -0.3 is 0 Å². The molecular weight excluding hydrogens is 370 g/mol. The first-order chi connectivity index (χ1) is 13.6. The van der Waals surface area contributed by atoms with Crippen LogP contribution >= 0.6 is 0 Å². The molecule has 142 valence electrons. The van der Waals surface area contributed by atoms with E-state index < -0.39 is 10.0 Å². The quantitative estimate of drug-likeness (QED) is 0.685. The first-order valence-electron chi connectivity index (χ1n) is 9.27. The molecule has 0 spiro atoms. The molecule has 0 radical (unpaired) electrons. The standard InChI is InChI=1S/C22H21N3O2S/c23-16-18-4-3-5-19(14-18)17-24-10-12-25(13-11-24)28(26,27)22-9-8-20-6-1-2-7-21(20)15-22/h1-9,14-15H,10-13,17H2. The van der Waals surface area contributed by atoms with Crippen molar-refractivity contribution in [2.75, 3.05) is 26.2 Å². The Balaban J connectivity index is 1.45. The number of rotatable bonds is 4. The van der Waals surface area contributed by atoms with Crippen molar-refractivity contribution in [3.05, 3.63) is 77.9 Å². The number of fused-ring (bicyclic) bond motifs is 1. The summed E-state index contributed by atoms with van der Waals surface area (Å²) in [6, 6.07) is 22.8. The van der Waals surface area contributed by atoms with E-state index in [0.717, 1.165) is 22.9 Å². The van der Waals surface area contributed by atoms with E-state index in [-0.39, 0.29) is 0 Å². The maximum Gasteiger partial charge on any atom is 0.243 e. The van der Waals surface area contributed by atoms with Gasteiger partial charge in [0.15, 0.2) is 0 Å². The summed E-state index contributed by atoms with van der Waals surface area (Å²) in [6.07, 6.45) is 0. The van der Waals surface area contributed by atoms with E-state index in [1.165, 1.54) is 0 Å². The predicted octanol–water partition coefficient (Wildman–Crippen LogP) is 3.22. The van der Waals surface area contributed by atoms with Gasteiger partial charge in [-0.15, -0.1) is 0 Å². The Morgan fingerprint density at radius 3 is 2.36 bits per heavy atom. The van der Waals surface area contributed by atoms with E-state index in [0.29, 0.717) is 36.6 Å². The fourth-order valence-corrected chi connectivity index (χ4v) is 5.06. The third-order valence-electron chi connectivity index (χ3n) is 5.15. The average Bonchev–Trinajstić information content (AvgIpc) is 2.74. The van der Waals surface area contributed by atoms with Crippen molar-refractivity contribution in [2.24, 2.45) is 0 Å². The second-order valence-electron chi connectivity index (χ2n) is 7.00. The van der Waals surface area contributed by atoms with E-state index in [4.69, 9.17) is 5.26 Å². The zero-order valence-electron chi connectivity index (χ0n) is 15.5. The fraction of sp³-hybridized carbons (Fsp3) is 0.227. The molecule has 0 unspecified atom stereocenters. The van der Waals surface area contributed by atoms with Gasteiger partial charge in [-0.1, -0.05) is 42.5 Å². The summed E-state index contributed by atoms with van der Waals surface area (Å²) in [5.41, 5.74) is 1.72. The first kappa shape index (κ1) is 18.6. The largest absolute Gasteiger partial charge is 0.296 e. The number of hydrogen-bond acceptors (Lipinski definition) is 4. The minimum absolute atomic E-state index is 0.348. The van der Waals surface area contributed by atoms with Gasteiger partial charge in [-0.25, -0.2) is 8.42 Å². The minimum atomic E-state index is -3.50. The average molecular weight is 391 g/mol. The molecule has 0 amide bonds. The molecular formula is C22H21N3O2S. The smallest absolute Gasteiger partial charge is 0.243 e. The third kappa shape index (κ3) is 3.78. The lowest BCUT2D eigenvalue weighted by molar-refractivity contribution is 0.181. The fourth-order valence-electron chi connectivity index (χ4n) is 3.60. The monoisotopic (exact) mass is 391 g/mol. The van der Waals surface area contributed by atoms with Gasteiger partial charge >= 0.3 is 0 Å². The van der Waals surface area contributed by atoms with Crippen molar-refractivity contribution in [2.45, 2.75) is 11.4 Å². The van der Waals surface area contributed by atoms with Crippen LogP contribution in [0.15, 0.2) is 71.6 Å². The molecule has 0 aliphatic carbocycles. The van der Waals surface area contributed by atoms with Gasteiger partial charge in [-0.3, -0.25) is 4.90 Å². The number of hydrogen-bond donors (Lipinski definition) is 0. The van der Waals surface area contributed by atoms with Gasteiger partial charge in [0.25, 0.3) is 0 Å². The molecule has 0 saturated carbocycles. The van der Waals surface area contributed by atoms with Gasteiger partial charge in [0.1, 0.15) is 0 Å². The van der Waals surface area contributed by atoms with Crippen LogP contribution in [0.1, 0.15) is 11.1 Å². The van der Waals surface area contributed by atoms with Crippen LogP contribution in [0.5, 0.6) is 0 Å². The van der Waals surface area contributed by atoms with Gasteiger partial charge in [-0.2, -0.15) is 9.57 Å². The molecule has 1 fully saturated rings. The van der Waals surface area contributed by atoms with E-state index in [2.05, 4.69) is 11.0 Å². The van der Waals surface area contributed by atoms with Crippen LogP contribution in [0, 0.1) is 11.3 Å². The normalized spacial score (nSPS) is 16.1. The molecule has 28 heavy (non-hydrogen) atoms. The maximum atomic E-state index is 13.1. The van der Waals surface area contributed by atoms with Crippen LogP contribution in [0.4, 0.5) is 0 Å². The Labute approximate surface area is 165 Å². The van der Waals surface area contributed by atoms with Crippen molar-refractivity contribution < 1.29 is 8.42 Å². The number of nitrogens with zero attached hydrogens (tertiary/aromatic N) is 3. The summed E-state index contributed by atoms with van der Waals surface area (Å²) in [4.78, 5) is 2.57. The number of benzene rings is 3. The zero-order chi connectivity index (χ0) is 19.6. The van der Waals surface area contributed by atoms with Gasteiger partial charge in [-0.05, 0) is 40.6 Å². The summed E-state index contributed by atoms with van der Waals surface area (Å²) in [5.74, 6) is 0. The molecule has 0 bridgehead atoms. The summed E-state index contributed by atoms with van der Waals surface area (Å²) < 4.78 is 27.7. The first-order valence-corrected chi connectivity index (χ1v) is 10.7. The molecule has 1 aliphatic heterocycles. The number of piperazine rings is 1. The van der Waals surface area contributed by atoms with E-state index in [9.17, 15) is 8.42 Å². The zero-order valence-corrected chi connectivity index (χ0v) is 16.3. The Morgan fingerprint density at radius 1 is 0.857 bits per heavy atom. The topological polar surface area (TPSA) is 64.4 Å². The molecule has 0 aromatic heterocycles. The molecule has 1 saturated heterocycles. The molecule has 1 aliphatic rings. The molecule has 0 atom stereocenters. The van der Waals surface area contributed by atoms with Crippen LogP contribution in [0.25, 0.3) is 10.8 Å². The van der Waals surface area contributed by atoms with Crippen LogP contribution in [-0.2, 0) is 16.6 Å². The molecule has 5 nitrogen and oxygen atoms in total. The van der Waals surface area contributed by atoms with Crippen molar-refractivity contribution in [3.63, 3.8) is 0 Å². The molecule has 0 N–H and O–H groups in total. The molecule has 3 aromatic carbocycles. The molecule has 3 aromatic rings. The van der Waals surface area contributed by atoms with E-state index in [1.54, 1.807) is 22.5 Å². The Morgan fingerprint density at radius 2 is 1.61 bits per heavy atom. The molecule has 6 heteroatoms. The Hall–Kier alpha value is -2.72. The second-order valence-corrected chi connectivity index (χ2v) is 8.94. The Bertz CT molecular complexity index is 1140. The van der Waals surface area contributed by atoms with Gasteiger partial charge in [0, 0.05) is 32.7 Å². The van der Waals surface area contributed by atoms with Crippen molar-refractivity contribution in [3.8, 4) is 6.07 Å². The van der Waals surface area contributed by atoms with Crippen molar-refractivity contribution >= 4 is 20.8 Å². The minimum Gasteiger partial charge on any atom is -0.296 e. The SMILES string of the molecule is N#Cc1cccc(CN2CCN(S(=O)(=O)c3ccc4ccccc4c3)CC2)c1. The van der Waals surface area contributed by atoms with E-state index >= 15 is 0 Å². The highest BCUT2D eigenvalue weighted by molar-refractivity contribution is 7.89. The van der Waals surface area contributed by atoms with Gasteiger partial charge in [0.2, 0.25) is 10.0 Å². The summed E-state index contributed by atoms with van der Waals surface area (Å²) in [5, 5.41) is 11.0. The molecule has 4 rings (SSSR count). The summed E-state index contributed by atoms with van der Waals surface area (Å²) in [6.45, 7) is 2.99. The highest BCUT2D eigenvalue weighted by Gasteiger charge is 2.28. The highest BCUT2D eigenvalue weighted by Crippen LogP contribution is 2.23. The molecule has 1 heterocycles. The summed E-state index contributed by atoms with van der Waals surface area (Å²) in [7, 11) is -3.50. The number of nitriles is 1. The summed E-state index contributed by atoms with van der Waals surface area (Å²) >= 11 is 0. The van der Waals surface area contributed by atoms with Crippen LogP contribution in [0.2, 0.25) is 0 Å². The van der Waals surface area contributed by atoms with Crippen LogP contribution < -0.4 is 0 Å². The highest BCUT2D eigenvalue weighted by atomic mass is 32.2. The number of sulfonamides is 1. The third-order valence-corrected chi connectivity index (χ3v) is 7.05. The lowest BCUT2D eigenvalue weighted by Gasteiger charge is -2.34. The maximum absolute atomic E-state index is 13.1. The van der Waals surface area contributed by atoms with Crippen molar-refractivity contribution in [1.82, 2.24) is 9.21 Å². The second kappa shape index (κ2) is 7.72. The predicted molar refractivity (Wildman–Crippen MR) is 109 cm³/mol. The lowest BCUT2D eigenvalue weighted by atomic mass is 10.1. The van der Waals surface area contributed by atoms with Crippen LogP contribution in [-0.4, -0.2) is 43.8 Å². The van der Waals surface area contributed by atoms with Crippen LogP contribution in [0.3, 0.4) is 0 Å². The lowest BCUT2D eigenvalue weighted by Crippen LogP contribution is -2.48. The van der Waals surface area contributed by atoms with Gasteiger partial charge in [0.05, 0.1) is 16.5 Å². The van der Waals surface area contributed by atoms with Crippen molar-refractivity contribution in [1.29, 1.82) is 5.26 Å².